The van der Waals surface area contributed by atoms with Crippen molar-refractivity contribution in [2.75, 3.05) is 17.6 Å². The minimum absolute atomic E-state index is 0.0447. The van der Waals surface area contributed by atoms with Gasteiger partial charge in [0.2, 0.25) is 5.91 Å². The Hall–Kier alpha value is -3.69. The molecule has 9 nitrogen and oxygen atoms in total. The van der Waals surface area contributed by atoms with Gasteiger partial charge in [-0.2, -0.15) is 0 Å². The number of alkyl halides is 1. The molecule has 3 N–H and O–H groups in total. The van der Waals surface area contributed by atoms with E-state index in [1.54, 1.807) is 30.1 Å². The number of anilines is 3. The Morgan fingerprint density at radius 1 is 1.39 bits per heavy atom. The molecule has 1 unspecified atom stereocenters. The molecule has 1 aliphatic rings. The molecule has 2 atom stereocenters. The van der Waals surface area contributed by atoms with Crippen LogP contribution in [0.1, 0.15) is 27.8 Å². The maximum atomic E-state index is 13.2. The van der Waals surface area contributed by atoms with E-state index in [2.05, 4.69) is 15.6 Å². The summed E-state index contributed by atoms with van der Waals surface area (Å²) in [5.74, 6) is -2.17. The third-order valence-electron chi connectivity index (χ3n) is 5.29. The Balaban J connectivity index is 1.76. The minimum atomic E-state index is -2.74. The van der Waals surface area contributed by atoms with Crippen molar-refractivity contribution in [3.05, 3.63) is 46.6 Å². The van der Waals surface area contributed by atoms with E-state index in [0.29, 0.717) is 23.1 Å². The van der Waals surface area contributed by atoms with Crippen LogP contribution in [0.25, 0.3) is 10.9 Å². The molecule has 0 aromatic carbocycles. The Kier molecular flexibility index (Phi) is 4.32. The van der Waals surface area contributed by atoms with Crippen LogP contribution >= 0.6 is 0 Å². The molecule has 0 aliphatic heterocycles. The highest BCUT2D eigenvalue weighted by atomic mass is 19.1. The second kappa shape index (κ2) is 7.86. The number of hydrogen-bond acceptors (Lipinski definition) is 5. The van der Waals surface area contributed by atoms with Gasteiger partial charge in [0.25, 0.3) is 11.5 Å². The molecule has 0 bridgehead atoms. The zero-order chi connectivity index (χ0) is 24.8. The topological polar surface area (TPSA) is 110 Å². The molecular weight excluding hydrogens is 403 g/mol. The molecular formula is C21H23FN6O3. The predicted molar refractivity (Wildman–Crippen MR) is 115 cm³/mol. The number of nitrogens with one attached hydrogen (secondary N) is 3. The van der Waals surface area contributed by atoms with Crippen LogP contribution in [0.4, 0.5) is 21.6 Å². The summed E-state index contributed by atoms with van der Waals surface area (Å²) in [6, 6.07) is 3.12. The van der Waals surface area contributed by atoms with Crippen LogP contribution in [0, 0.1) is 5.92 Å². The molecule has 162 valence electrons. The second-order valence-corrected chi connectivity index (χ2v) is 7.36. The van der Waals surface area contributed by atoms with Crippen molar-refractivity contribution in [1.82, 2.24) is 19.4 Å². The standard InChI is InChI=1S/C21H23FN6O3/c1-4-28-6-5-16-18(21(28)31)15(10-27(16)3)25-14-8-17(24-9-12(14)19(29)23-2)26-20(30)11-7-13(11)22/h5-6,8-11,13H,4,7H2,1-3H3,(H,23,29)(H2,24,25,26,30)/t11?,13-/m1/s1/i2D3. The number of carbonyl (C=O) groups is 2. The summed E-state index contributed by atoms with van der Waals surface area (Å²) in [6.45, 7) is -0.449. The van der Waals surface area contributed by atoms with Crippen LogP contribution in [0.15, 0.2) is 35.5 Å². The van der Waals surface area contributed by atoms with Crippen LogP contribution < -0.4 is 21.5 Å². The molecule has 1 saturated carbocycles. The van der Waals surface area contributed by atoms with Gasteiger partial charge in [0.1, 0.15) is 12.0 Å². The molecule has 1 aliphatic carbocycles. The number of aromatic nitrogens is 3. The first kappa shape index (κ1) is 17.0. The van der Waals surface area contributed by atoms with Gasteiger partial charge in [0, 0.05) is 49.3 Å². The highest BCUT2D eigenvalue weighted by Gasteiger charge is 2.43. The van der Waals surface area contributed by atoms with Crippen LogP contribution in [0.2, 0.25) is 0 Å². The first-order valence-electron chi connectivity index (χ1n) is 11.2. The number of aryl methyl sites for hydroxylation is 2. The fourth-order valence-corrected chi connectivity index (χ4v) is 3.46. The van der Waals surface area contributed by atoms with E-state index in [4.69, 9.17) is 4.11 Å². The first-order chi connectivity index (χ1) is 16.0. The van der Waals surface area contributed by atoms with Gasteiger partial charge in [-0.05, 0) is 19.4 Å². The van der Waals surface area contributed by atoms with Crippen molar-refractivity contribution < 1.29 is 18.1 Å². The zero-order valence-electron chi connectivity index (χ0n) is 19.9. The van der Waals surface area contributed by atoms with Crippen LogP contribution in [0.5, 0.6) is 0 Å². The monoisotopic (exact) mass is 429 g/mol. The van der Waals surface area contributed by atoms with Crippen molar-refractivity contribution >= 4 is 39.9 Å². The number of nitrogens with zero attached hydrogens (tertiary/aromatic N) is 3. The predicted octanol–water partition coefficient (Wildman–Crippen LogP) is 2.15. The number of carbonyl (C=O) groups excluding carboxylic acids is 2. The highest BCUT2D eigenvalue weighted by molar-refractivity contribution is 6.03. The van der Waals surface area contributed by atoms with E-state index in [1.807, 2.05) is 12.2 Å². The lowest BCUT2D eigenvalue weighted by molar-refractivity contribution is -0.117. The van der Waals surface area contributed by atoms with Crippen molar-refractivity contribution in [3.63, 3.8) is 0 Å². The van der Waals surface area contributed by atoms with Crippen molar-refractivity contribution in [2.45, 2.75) is 26.1 Å². The number of hydrogen-bond donors (Lipinski definition) is 3. The van der Waals surface area contributed by atoms with E-state index in [0.717, 1.165) is 6.20 Å². The average Bonchev–Trinajstić information content (AvgIpc) is 3.40. The molecule has 0 saturated heterocycles. The molecule has 3 aromatic rings. The first-order valence-corrected chi connectivity index (χ1v) is 9.71. The van der Waals surface area contributed by atoms with Gasteiger partial charge in [-0.15, -0.1) is 0 Å². The third kappa shape index (κ3) is 3.76. The normalized spacial score (nSPS) is 19.3. The van der Waals surface area contributed by atoms with Gasteiger partial charge in [0.15, 0.2) is 0 Å². The van der Waals surface area contributed by atoms with Crippen LogP contribution in [0.3, 0.4) is 0 Å². The third-order valence-corrected chi connectivity index (χ3v) is 5.29. The van der Waals surface area contributed by atoms with E-state index >= 15 is 0 Å². The van der Waals surface area contributed by atoms with Gasteiger partial charge >= 0.3 is 0 Å². The summed E-state index contributed by atoms with van der Waals surface area (Å²) in [6.07, 6.45) is 3.39. The number of fused-ring (bicyclic) bond motifs is 1. The lowest BCUT2D eigenvalue weighted by atomic mass is 10.2. The van der Waals surface area contributed by atoms with Gasteiger partial charge in [-0.25, -0.2) is 9.37 Å². The summed E-state index contributed by atoms with van der Waals surface area (Å²) in [5, 5.41) is 7.79. The Morgan fingerprint density at radius 2 is 2.16 bits per heavy atom. The molecule has 0 spiro atoms. The maximum Gasteiger partial charge on any atom is 0.262 e. The number of halogens is 1. The largest absolute Gasteiger partial charge is 0.355 e. The average molecular weight is 429 g/mol. The summed E-state index contributed by atoms with van der Waals surface area (Å²) in [5.41, 5.74) is 0.770. The molecule has 0 radical (unpaired) electrons. The molecule has 2 amide bonds. The lowest BCUT2D eigenvalue weighted by Crippen LogP contribution is -2.21. The van der Waals surface area contributed by atoms with E-state index in [1.165, 1.54) is 10.6 Å². The zero-order valence-corrected chi connectivity index (χ0v) is 16.9. The van der Waals surface area contributed by atoms with Crippen molar-refractivity contribution in [2.24, 2.45) is 13.0 Å². The van der Waals surface area contributed by atoms with E-state index < -0.39 is 30.9 Å². The molecule has 1 fully saturated rings. The summed E-state index contributed by atoms with van der Waals surface area (Å²) >= 11 is 0. The van der Waals surface area contributed by atoms with Crippen molar-refractivity contribution in [1.29, 1.82) is 0 Å². The van der Waals surface area contributed by atoms with Crippen LogP contribution in [-0.2, 0) is 18.4 Å². The smallest absolute Gasteiger partial charge is 0.262 e. The molecule has 31 heavy (non-hydrogen) atoms. The van der Waals surface area contributed by atoms with Crippen LogP contribution in [-0.4, -0.2) is 39.1 Å². The number of pyridine rings is 2. The molecule has 3 heterocycles. The number of amides is 2. The Bertz CT molecular complexity index is 1350. The highest BCUT2D eigenvalue weighted by Crippen LogP contribution is 2.35. The number of rotatable bonds is 6. The van der Waals surface area contributed by atoms with Gasteiger partial charge in [-0.1, -0.05) is 0 Å². The second-order valence-electron chi connectivity index (χ2n) is 7.36. The summed E-state index contributed by atoms with van der Waals surface area (Å²) in [7, 11) is 1.76. The van der Waals surface area contributed by atoms with E-state index in [9.17, 15) is 18.8 Å². The Morgan fingerprint density at radius 3 is 2.84 bits per heavy atom. The lowest BCUT2D eigenvalue weighted by Gasteiger charge is -2.13. The van der Waals surface area contributed by atoms with Gasteiger partial charge in [-0.3, -0.25) is 14.4 Å². The Labute approximate surface area is 181 Å². The quantitative estimate of drug-likeness (QED) is 0.556. The fraction of sp³-hybridized carbons (Fsp3) is 0.333. The van der Waals surface area contributed by atoms with Gasteiger partial charge in [0.05, 0.1) is 33.8 Å². The van der Waals surface area contributed by atoms with Crippen molar-refractivity contribution in [3.8, 4) is 0 Å². The maximum absolute atomic E-state index is 13.2. The molecule has 10 heteroatoms. The molecule has 4 rings (SSSR count). The SMILES string of the molecule is [2H]C([2H])([2H])NC(=O)c1cnc(NC(=O)C2C[C@H]2F)cc1Nc1cn(C)c2ccn(CC)c(=O)c12. The summed E-state index contributed by atoms with van der Waals surface area (Å²) < 4.78 is 38.4. The molecule has 3 aromatic heterocycles. The van der Waals surface area contributed by atoms with E-state index in [-0.39, 0.29) is 29.0 Å². The van der Waals surface area contributed by atoms with Gasteiger partial charge < -0.3 is 25.1 Å². The summed E-state index contributed by atoms with van der Waals surface area (Å²) in [4.78, 5) is 41.8. The minimum Gasteiger partial charge on any atom is -0.355 e. The fourth-order valence-electron chi connectivity index (χ4n) is 3.46.